The fraction of sp³-hybridized carbons (Fsp3) is 0.0909. The summed E-state index contributed by atoms with van der Waals surface area (Å²) in [6.07, 6.45) is 0. The van der Waals surface area contributed by atoms with Crippen molar-refractivity contribution >= 4 is 21.8 Å². The molecule has 6 aromatic rings. The van der Waals surface area contributed by atoms with Gasteiger partial charge in [-0.1, -0.05) is 121 Å². The monoisotopic (exact) mass is 437 g/mol. The van der Waals surface area contributed by atoms with Crippen molar-refractivity contribution in [1.82, 2.24) is 4.57 Å². The second kappa shape index (κ2) is 8.68. The molecular formula is C33H27N. The van der Waals surface area contributed by atoms with E-state index in [9.17, 15) is 0 Å². The minimum atomic E-state index is 0.144. The molecule has 1 heterocycles. The molecule has 0 radical (unpaired) electrons. The van der Waals surface area contributed by atoms with Crippen molar-refractivity contribution in [3.05, 3.63) is 144 Å². The normalized spacial score (nSPS) is 11.5. The molecule has 0 aliphatic heterocycles. The lowest BCUT2D eigenvalue weighted by Crippen LogP contribution is -2.07. The fourth-order valence-electron chi connectivity index (χ4n) is 5.48. The number of benzene rings is 5. The largest absolute Gasteiger partial charge is 0.340 e. The highest BCUT2D eigenvalue weighted by Crippen LogP contribution is 2.44. The summed E-state index contributed by atoms with van der Waals surface area (Å²) in [6, 6.07) is 46.2. The highest BCUT2D eigenvalue weighted by molar-refractivity contribution is 6.13. The minimum Gasteiger partial charge on any atom is -0.340 e. The Balaban J connectivity index is 1.77. The van der Waals surface area contributed by atoms with E-state index in [0.29, 0.717) is 0 Å². The van der Waals surface area contributed by atoms with Crippen LogP contribution in [-0.2, 0) is 6.54 Å². The Morgan fingerprint density at radius 3 is 1.74 bits per heavy atom. The van der Waals surface area contributed by atoms with Crippen LogP contribution in [0.3, 0.4) is 0 Å². The number of rotatable bonds is 5. The molecule has 164 valence electrons. The average Bonchev–Trinajstić information content (AvgIpc) is 3.24. The summed E-state index contributed by atoms with van der Waals surface area (Å²) in [5, 5.41) is 2.64. The zero-order chi connectivity index (χ0) is 22.9. The molecule has 0 saturated heterocycles. The molecule has 0 spiro atoms. The number of aromatic nitrogens is 1. The van der Waals surface area contributed by atoms with Gasteiger partial charge in [-0.3, -0.25) is 0 Å². The maximum atomic E-state index is 2.49. The first-order valence-corrected chi connectivity index (χ1v) is 12.1. The lowest BCUT2D eigenvalue weighted by Gasteiger charge is -2.24. The third-order valence-corrected chi connectivity index (χ3v) is 6.92. The van der Waals surface area contributed by atoms with Crippen molar-refractivity contribution in [3.63, 3.8) is 0 Å². The number of aryl methyl sites for hydroxylation is 1. The van der Waals surface area contributed by atoms with Gasteiger partial charge in [-0.05, 0) is 35.2 Å². The molecular weight excluding hydrogens is 410 g/mol. The van der Waals surface area contributed by atoms with Gasteiger partial charge in [-0.2, -0.15) is 0 Å². The number of hydrogen-bond donors (Lipinski definition) is 0. The highest BCUT2D eigenvalue weighted by Gasteiger charge is 2.24. The first-order chi connectivity index (χ1) is 16.9. The molecule has 5 aromatic carbocycles. The molecule has 6 rings (SSSR count). The van der Waals surface area contributed by atoms with Crippen LogP contribution in [0.25, 0.3) is 32.9 Å². The van der Waals surface area contributed by atoms with Gasteiger partial charge < -0.3 is 4.57 Å². The van der Waals surface area contributed by atoms with Gasteiger partial charge in [-0.25, -0.2) is 0 Å². The minimum absolute atomic E-state index is 0.144. The summed E-state index contributed by atoms with van der Waals surface area (Å²) in [4.78, 5) is 0. The van der Waals surface area contributed by atoms with Crippen molar-refractivity contribution in [2.75, 3.05) is 0 Å². The molecule has 0 saturated carbocycles. The average molecular weight is 438 g/mol. The van der Waals surface area contributed by atoms with Gasteiger partial charge in [0.15, 0.2) is 0 Å². The van der Waals surface area contributed by atoms with Crippen LogP contribution in [0.4, 0.5) is 0 Å². The van der Waals surface area contributed by atoms with Gasteiger partial charge >= 0.3 is 0 Å². The first-order valence-electron chi connectivity index (χ1n) is 12.1. The SMILES string of the molecule is CCn1c2ccccc2c2ccc(C(c3ccccc3)c3ccccc3)c(-c3ccccc3)c21. The van der Waals surface area contributed by atoms with Crippen molar-refractivity contribution in [2.45, 2.75) is 19.4 Å². The summed E-state index contributed by atoms with van der Waals surface area (Å²) in [5.41, 5.74) is 9.17. The van der Waals surface area contributed by atoms with E-state index in [2.05, 4.69) is 139 Å². The van der Waals surface area contributed by atoms with E-state index in [4.69, 9.17) is 0 Å². The summed E-state index contributed by atoms with van der Waals surface area (Å²) in [5.74, 6) is 0.144. The van der Waals surface area contributed by atoms with Gasteiger partial charge in [0.1, 0.15) is 0 Å². The lowest BCUT2D eigenvalue weighted by molar-refractivity contribution is 0.826. The highest BCUT2D eigenvalue weighted by atomic mass is 15.0. The van der Waals surface area contributed by atoms with Crippen molar-refractivity contribution < 1.29 is 0 Å². The summed E-state index contributed by atoms with van der Waals surface area (Å²) in [7, 11) is 0. The maximum absolute atomic E-state index is 2.49. The Labute approximate surface area is 200 Å². The fourth-order valence-corrected chi connectivity index (χ4v) is 5.48. The molecule has 0 bridgehead atoms. The molecule has 1 nitrogen and oxygen atoms in total. The molecule has 0 N–H and O–H groups in total. The summed E-state index contributed by atoms with van der Waals surface area (Å²) < 4.78 is 2.49. The van der Waals surface area contributed by atoms with E-state index in [1.165, 1.54) is 49.6 Å². The van der Waals surface area contributed by atoms with Crippen molar-refractivity contribution in [3.8, 4) is 11.1 Å². The van der Waals surface area contributed by atoms with E-state index in [1.54, 1.807) is 0 Å². The van der Waals surface area contributed by atoms with E-state index in [-0.39, 0.29) is 5.92 Å². The van der Waals surface area contributed by atoms with Crippen molar-refractivity contribution in [1.29, 1.82) is 0 Å². The summed E-state index contributed by atoms with van der Waals surface area (Å²) >= 11 is 0. The Morgan fingerprint density at radius 2 is 1.12 bits per heavy atom. The van der Waals surface area contributed by atoms with Crippen LogP contribution < -0.4 is 0 Å². The van der Waals surface area contributed by atoms with E-state index in [0.717, 1.165) is 6.54 Å². The number of hydrogen-bond acceptors (Lipinski definition) is 0. The van der Waals surface area contributed by atoms with Gasteiger partial charge in [0.05, 0.1) is 5.52 Å². The van der Waals surface area contributed by atoms with E-state index in [1.807, 2.05) is 0 Å². The molecule has 1 aromatic heterocycles. The quantitative estimate of drug-likeness (QED) is 0.238. The molecule has 0 aliphatic rings. The topological polar surface area (TPSA) is 4.93 Å². The second-order valence-electron chi connectivity index (χ2n) is 8.81. The van der Waals surface area contributed by atoms with E-state index >= 15 is 0 Å². The molecule has 34 heavy (non-hydrogen) atoms. The predicted octanol–water partition coefficient (Wildman–Crippen LogP) is 8.66. The molecule has 0 unspecified atom stereocenters. The summed E-state index contributed by atoms with van der Waals surface area (Å²) in [6.45, 7) is 3.17. The number of fused-ring (bicyclic) bond motifs is 3. The van der Waals surface area contributed by atoms with E-state index < -0.39 is 0 Å². The maximum Gasteiger partial charge on any atom is 0.0574 e. The van der Waals surface area contributed by atoms with Crippen LogP contribution in [0.1, 0.15) is 29.5 Å². The van der Waals surface area contributed by atoms with Crippen LogP contribution in [0, 0.1) is 0 Å². The Hall–Kier alpha value is -4.10. The predicted molar refractivity (Wildman–Crippen MR) is 144 cm³/mol. The molecule has 1 heteroatoms. The van der Waals surface area contributed by atoms with Crippen molar-refractivity contribution in [2.24, 2.45) is 0 Å². The standard InChI is InChI=1S/C33H27N/c1-2-34-30-21-13-12-20-27(30)28-22-23-29(32(33(28)34)26-18-10-5-11-19-26)31(24-14-6-3-7-15-24)25-16-8-4-9-17-25/h3-23,31H,2H2,1H3. The van der Waals surface area contributed by atoms with Crippen LogP contribution in [-0.4, -0.2) is 4.57 Å². The number of para-hydroxylation sites is 1. The first kappa shape index (κ1) is 20.5. The lowest BCUT2D eigenvalue weighted by atomic mass is 9.80. The number of nitrogens with zero attached hydrogens (tertiary/aromatic N) is 1. The second-order valence-corrected chi connectivity index (χ2v) is 8.81. The molecule has 0 amide bonds. The molecule has 0 aliphatic carbocycles. The van der Waals surface area contributed by atoms with Crippen LogP contribution in [0.2, 0.25) is 0 Å². The van der Waals surface area contributed by atoms with Gasteiger partial charge in [0, 0.05) is 34.3 Å². The third-order valence-electron chi connectivity index (χ3n) is 6.92. The smallest absolute Gasteiger partial charge is 0.0574 e. The Kier molecular flexibility index (Phi) is 5.24. The zero-order valence-electron chi connectivity index (χ0n) is 19.4. The Bertz CT molecular complexity index is 1520. The molecule has 0 atom stereocenters. The van der Waals surface area contributed by atoms with Gasteiger partial charge in [-0.15, -0.1) is 0 Å². The van der Waals surface area contributed by atoms with Gasteiger partial charge in [0.2, 0.25) is 0 Å². The molecule has 0 fully saturated rings. The van der Waals surface area contributed by atoms with Crippen LogP contribution >= 0.6 is 0 Å². The Morgan fingerprint density at radius 1 is 0.559 bits per heavy atom. The van der Waals surface area contributed by atoms with Crippen LogP contribution in [0.15, 0.2) is 127 Å². The third kappa shape index (κ3) is 3.33. The zero-order valence-corrected chi connectivity index (χ0v) is 19.4. The van der Waals surface area contributed by atoms with Gasteiger partial charge in [0.25, 0.3) is 0 Å². The van der Waals surface area contributed by atoms with Crippen LogP contribution in [0.5, 0.6) is 0 Å².